The van der Waals surface area contributed by atoms with Crippen molar-refractivity contribution in [2.45, 2.75) is 24.8 Å². The van der Waals surface area contributed by atoms with Crippen LogP contribution in [-0.4, -0.2) is 47.4 Å². The van der Waals surface area contributed by atoms with Crippen molar-refractivity contribution in [2.24, 2.45) is 0 Å². The predicted octanol–water partition coefficient (Wildman–Crippen LogP) is 0.557. The van der Waals surface area contributed by atoms with Crippen molar-refractivity contribution in [2.75, 3.05) is 19.8 Å². The van der Waals surface area contributed by atoms with Crippen molar-refractivity contribution in [3.63, 3.8) is 0 Å². The predicted molar refractivity (Wildman–Crippen MR) is 74.9 cm³/mol. The van der Waals surface area contributed by atoms with E-state index in [0.717, 1.165) is 5.69 Å². The van der Waals surface area contributed by atoms with Crippen LogP contribution in [0.4, 0.5) is 4.79 Å². The van der Waals surface area contributed by atoms with Gasteiger partial charge in [-0.1, -0.05) is 6.07 Å². The molecule has 7 heteroatoms. The Balaban J connectivity index is 1.81. The summed E-state index contributed by atoms with van der Waals surface area (Å²) in [6.45, 7) is 1.07. The fourth-order valence-electron chi connectivity index (χ4n) is 2.22. The standard InChI is InChI=1S/C14H19N3O4/c18-12(19)14(5-9-21-10-6-14)17-13(20)16-8-4-11-3-1-2-7-15-11/h1-3,7H,4-6,8-10H2,(H,18,19)(H2,16,17,20). The highest BCUT2D eigenvalue weighted by molar-refractivity contribution is 5.86. The van der Waals surface area contributed by atoms with Crippen LogP contribution in [0.2, 0.25) is 0 Å². The lowest BCUT2D eigenvalue weighted by Gasteiger charge is -2.33. The van der Waals surface area contributed by atoms with E-state index in [-0.39, 0.29) is 12.8 Å². The summed E-state index contributed by atoms with van der Waals surface area (Å²) >= 11 is 0. The zero-order chi connectivity index (χ0) is 15.1. The molecule has 0 aromatic carbocycles. The van der Waals surface area contributed by atoms with Crippen LogP contribution in [-0.2, 0) is 16.0 Å². The van der Waals surface area contributed by atoms with Crippen LogP contribution < -0.4 is 10.6 Å². The van der Waals surface area contributed by atoms with Crippen LogP contribution >= 0.6 is 0 Å². The van der Waals surface area contributed by atoms with Gasteiger partial charge in [0.05, 0.1) is 0 Å². The summed E-state index contributed by atoms with van der Waals surface area (Å²) in [7, 11) is 0. The van der Waals surface area contributed by atoms with Crippen molar-refractivity contribution < 1.29 is 19.4 Å². The monoisotopic (exact) mass is 293 g/mol. The summed E-state index contributed by atoms with van der Waals surface area (Å²) in [5.74, 6) is -1.02. The zero-order valence-corrected chi connectivity index (χ0v) is 11.7. The van der Waals surface area contributed by atoms with Crippen LogP contribution in [0.3, 0.4) is 0 Å². The van der Waals surface area contributed by atoms with Crippen molar-refractivity contribution in [3.05, 3.63) is 30.1 Å². The Morgan fingerprint density at radius 3 is 2.71 bits per heavy atom. The van der Waals surface area contributed by atoms with Crippen molar-refractivity contribution in [3.8, 4) is 0 Å². The third-order valence-corrected chi connectivity index (χ3v) is 3.50. The maximum atomic E-state index is 11.9. The first-order valence-electron chi connectivity index (χ1n) is 6.89. The molecular weight excluding hydrogens is 274 g/mol. The maximum Gasteiger partial charge on any atom is 0.329 e. The summed E-state index contributed by atoms with van der Waals surface area (Å²) < 4.78 is 5.15. The molecule has 1 fully saturated rings. The maximum absolute atomic E-state index is 11.9. The molecule has 114 valence electrons. The van der Waals surface area contributed by atoms with Gasteiger partial charge in [0.15, 0.2) is 0 Å². The summed E-state index contributed by atoms with van der Waals surface area (Å²) in [4.78, 5) is 27.4. The van der Waals surface area contributed by atoms with Crippen molar-refractivity contribution >= 4 is 12.0 Å². The highest BCUT2D eigenvalue weighted by atomic mass is 16.5. The number of carboxylic acids is 1. The van der Waals surface area contributed by atoms with Gasteiger partial charge in [-0.25, -0.2) is 9.59 Å². The van der Waals surface area contributed by atoms with Crippen LogP contribution in [0.5, 0.6) is 0 Å². The highest BCUT2D eigenvalue weighted by Gasteiger charge is 2.41. The molecule has 1 aliphatic rings. The van der Waals surface area contributed by atoms with Gasteiger partial charge in [0, 0.05) is 50.9 Å². The third-order valence-electron chi connectivity index (χ3n) is 3.50. The van der Waals surface area contributed by atoms with Gasteiger partial charge < -0.3 is 20.5 Å². The normalized spacial score (nSPS) is 17.0. The molecule has 0 unspecified atom stereocenters. The summed E-state index contributed by atoms with van der Waals surface area (Å²) in [5.41, 5.74) is -0.357. The molecule has 1 saturated heterocycles. The lowest BCUT2D eigenvalue weighted by molar-refractivity contribution is -0.148. The van der Waals surface area contributed by atoms with E-state index in [9.17, 15) is 14.7 Å². The number of hydrogen-bond acceptors (Lipinski definition) is 4. The molecule has 0 aliphatic carbocycles. The number of urea groups is 1. The molecule has 0 bridgehead atoms. The average Bonchev–Trinajstić information content (AvgIpc) is 2.49. The first-order valence-corrected chi connectivity index (χ1v) is 6.89. The van der Waals surface area contributed by atoms with Crippen LogP contribution in [0, 0.1) is 0 Å². The zero-order valence-electron chi connectivity index (χ0n) is 11.7. The topological polar surface area (TPSA) is 101 Å². The number of amides is 2. The second-order valence-electron chi connectivity index (χ2n) is 4.95. The first-order chi connectivity index (χ1) is 10.1. The molecule has 3 N–H and O–H groups in total. The number of aromatic nitrogens is 1. The fourth-order valence-corrected chi connectivity index (χ4v) is 2.22. The van der Waals surface area contributed by atoms with Gasteiger partial charge >= 0.3 is 12.0 Å². The Kier molecular flexibility index (Phi) is 5.10. The van der Waals surface area contributed by atoms with E-state index in [0.29, 0.717) is 26.2 Å². The van der Waals surface area contributed by atoms with Crippen LogP contribution in [0.25, 0.3) is 0 Å². The van der Waals surface area contributed by atoms with E-state index in [1.165, 1.54) is 0 Å². The SMILES string of the molecule is O=C(NCCc1ccccn1)NC1(C(=O)O)CCOCC1. The fraction of sp³-hybridized carbons (Fsp3) is 0.500. The Labute approximate surface area is 122 Å². The Morgan fingerprint density at radius 1 is 1.33 bits per heavy atom. The van der Waals surface area contributed by atoms with E-state index in [1.54, 1.807) is 6.20 Å². The lowest BCUT2D eigenvalue weighted by atomic mass is 9.90. The minimum atomic E-state index is -1.23. The molecule has 2 amide bonds. The van der Waals surface area contributed by atoms with Gasteiger partial charge in [-0.2, -0.15) is 0 Å². The Hall–Kier alpha value is -2.15. The van der Waals surface area contributed by atoms with E-state index in [4.69, 9.17) is 4.74 Å². The van der Waals surface area contributed by atoms with E-state index in [2.05, 4.69) is 15.6 Å². The highest BCUT2D eigenvalue weighted by Crippen LogP contribution is 2.20. The van der Waals surface area contributed by atoms with Crippen LogP contribution in [0.15, 0.2) is 24.4 Å². The number of carbonyl (C=O) groups excluding carboxylic acids is 1. The van der Waals surface area contributed by atoms with Crippen molar-refractivity contribution in [1.29, 1.82) is 0 Å². The van der Waals surface area contributed by atoms with Crippen molar-refractivity contribution in [1.82, 2.24) is 15.6 Å². The molecular formula is C14H19N3O4. The molecule has 1 aliphatic heterocycles. The number of ether oxygens (including phenoxy) is 1. The summed E-state index contributed by atoms with van der Waals surface area (Å²) in [6.07, 6.45) is 2.83. The molecule has 2 rings (SSSR count). The largest absolute Gasteiger partial charge is 0.480 e. The number of nitrogens with one attached hydrogen (secondary N) is 2. The molecule has 1 aromatic rings. The minimum absolute atomic E-state index is 0.274. The van der Waals surface area contributed by atoms with Gasteiger partial charge in [0.1, 0.15) is 5.54 Å². The molecule has 0 radical (unpaired) electrons. The van der Waals surface area contributed by atoms with Gasteiger partial charge in [-0.3, -0.25) is 4.98 Å². The molecule has 21 heavy (non-hydrogen) atoms. The molecule has 2 heterocycles. The molecule has 1 aromatic heterocycles. The number of pyridine rings is 1. The minimum Gasteiger partial charge on any atom is -0.480 e. The smallest absolute Gasteiger partial charge is 0.329 e. The summed E-state index contributed by atoms with van der Waals surface area (Å²) in [5, 5.41) is 14.6. The number of carbonyl (C=O) groups is 2. The first kappa shape index (κ1) is 15.2. The van der Waals surface area contributed by atoms with E-state index < -0.39 is 17.5 Å². The van der Waals surface area contributed by atoms with Crippen LogP contribution in [0.1, 0.15) is 18.5 Å². The van der Waals surface area contributed by atoms with Gasteiger partial charge in [-0.15, -0.1) is 0 Å². The number of carboxylic acid groups (broad SMARTS) is 1. The average molecular weight is 293 g/mol. The second kappa shape index (κ2) is 7.03. The van der Waals surface area contributed by atoms with Gasteiger partial charge in [0.25, 0.3) is 0 Å². The number of aliphatic carboxylic acids is 1. The lowest BCUT2D eigenvalue weighted by Crippen LogP contribution is -2.59. The molecule has 0 atom stereocenters. The Morgan fingerprint density at radius 2 is 2.10 bits per heavy atom. The quantitative estimate of drug-likeness (QED) is 0.736. The number of nitrogens with zero attached hydrogens (tertiary/aromatic N) is 1. The molecule has 0 saturated carbocycles. The molecule has 7 nitrogen and oxygen atoms in total. The van der Waals surface area contributed by atoms with Gasteiger partial charge in [0.2, 0.25) is 0 Å². The number of rotatable bonds is 5. The Bertz CT molecular complexity index is 486. The van der Waals surface area contributed by atoms with E-state index >= 15 is 0 Å². The second-order valence-corrected chi connectivity index (χ2v) is 4.95. The third kappa shape index (κ3) is 4.16. The number of hydrogen-bond donors (Lipinski definition) is 3. The molecule has 0 spiro atoms. The summed E-state index contributed by atoms with van der Waals surface area (Å²) in [6, 6.07) is 5.10. The van der Waals surface area contributed by atoms with Gasteiger partial charge in [-0.05, 0) is 12.1 Å². The van der Waals surface area contributed by atoms with E-state index in [1.807, 2.05) is 18.2 Å².